The van der Waals surface area contributed by atoms with Crippen LogP contribution in [0.3, 0.4) is 0 Å². The van der Waals surface area contributed by atoms with Crippen LogP contribution in [0.5, 0.6) is 0 Å². The number of hydrogen-bond acceptors (Lipinski definition) is 4. The van der Waals surface area contributed by atoms with E-state index < -0.39 is 0 Å². The van der Waals surface area contributed by atoms with Crippen molar-refractivity contribution in [3.8, 4) is 0 Å². The first-order chi connectivity index (χ1) is 10.7. The number of hydrogen-bond donors (Lipinski definition) is 1. The van der Waals surface area contributed by atoms with Crippen molar-refractivity contribution in [2.24, 2.45) is 0 Å². The second-order valence-electron chi connectivity index (χ2n) is 7.13. The molecular weight excluding hydrogens is 365 g/mol. The Morgan fingerprint density at radius 1 is 1.12 bits per heavy atom. The van der Waals surface area contributed by atoms with E-state index in [1.165, 1.54) is 43.5 Å². The Labute approximate surface area is 160 Å². The van der Waals surface area contributed by atoms with Crippen LogP contribution in [-0.2, 0) is 0 Å². The number of halogens is 2. The molecule has 3 aliphatic rings. The van der Waals surface area contributed by atoms with Gasteiger partial charge in [0.1, 0.15) is 4.88 Å². The molecule has 0 spiro atoms. The molecule has 2 atom stereocenters. The molecule has 7 heteroatoms. The van der Waals surface area contributed by atoms with Crippen molar-refractivity contribution >= 4 is 42.1 Å². The van der Waals surface area contributed by atoms with Gasteiger partial charge in [-0.05, 0) is 39.0 Å². The van der Waals surface area contributed by atoms with Crippen LogP contribution in [0.15, 0.2) is 0 Å². The van der Waals surface area contributed by atoms with E-state index in [2.05, 4.69) is 10.2 Å². The highest BCUT2D eigenvalue weighted by atomic mass is 35.5. The molecule has 2 bridgehead atoms. The van der Waals surface area contributed by atoms with Crippen molar-refractivity contribution in [1.29, 1.82) is 0 Å². The van der Waals surface area contributed by atoms with Gasteiger partial charge in [-0.1, -0.05) is 12.8 Å². The Morgan fingerprint density at radius 2 is 1.83 bits per heavy atom. The highest BCUT2D eigenvalue weighted by Crippen LogP contribution is 2.37. The van der Waals surface area contributed by atoms with Gasteiger partial charge in [0.05, 0.1) is 10.7 Å². The van der Waals surface area contributed by atoms with Gasteiger partial charge in [0.25, 0.3) is 5.91 Å². The average molecular weight is 392 g/mol. The molecule has 136 valence electrons. The molecule has 1 aromatic heterocycles. The molecule has 1 amide bonds. The van der Waals surface area contributed by atoms with Crippen LogP contribution in [0.1, 0.15) is 71.2 Å². The van der Waals surface area contributed by atoms with Gasteiger partial charge in [-0.25, -0.2) is 4.98 Å². The van der Waals surface area contributed by atoms with Crippen molar-refractivity contribution in [1.82, 2.24) is 15.2 Å². The first-order valence-electron chi connectivity index (χ1n) is 8.73. The summed E-state index contributed by atoms with van der Waals surface area (Å²) in [7, 11) is 0. The molecule has 3 heterocycles. The lowest BCUT2D eigenvalue weighted by Gasteiger charge is -2.23. The van der Waals surface area contributed by atoms with Gasteiger partial charge in [0.15, 0.2) is 0 Å². The van der Waals surface area contributed by atoms with Gasteiger partial charge in [-0.3, -0.25) is 4.79 Å². The van der Waals surface area contributed by atoms with Crippen LogP contribution in [0, 0.1) is 6.92 Å². The van der Waals surface area contributed by atoms with Gasteiger partial charge < -0.3 is 10.2 Å². The smallest absolute Gasteiger partial charge is 0.265 e. The van der Waals surface area contributed by atoms with E-state index in [0.29, 0.717) is 18.0 Å². The van der Waals surface area contributed by atoms with Crippen molar-refractivity contribution < 1.29 is 4.79 Å². The second kappa shape index (κ2) is 8.35. The summed E-state index contributed by atoms with van der Waals surface area (Å²) in [5.74, 6) is 0.820. The first kappa shape index (κ1) is 20.0. The van der Waals surface area contributed by atoms with E-state index in [1.807, 2.05) is 6.92 Å². The zero-order valence-electron chi connectivity index (χ0n) is 14.1. The van der Waals surface area contributed by atoms with Crippen molar-refractivity contribution in [3.63, 3.8) is 0 Å². The minimum absolute atomic E-state index is 0. The van der Waals surface area contributed by atoms with E-state index in [-0.39, 0.29) is 30.7 Å². The maximum Gasteiger partial charge on any atom is 0.265 e. The molecular formula is C17H27Cl2N3OS. The van der Waals surface area contributed by atoms with Gasteiger partial charge >= 0.3 is 0 Å². The van der Waals surface area contributed by atoms with E-state index in [4.69, 9.17) is 4.98 Å². The first-order valence-corrected chi connectivity index (χ1v) is 9.55. The van der Waals surface area contributed by atoms with Crippen LogP contribution in [0.2, 0.25) is 0 Å². The largest absolute Gasteiger partial charge is 0.336 e. The average Bonchev–Trinajstić information content (AvgIpc) is 3.18. The number of nitrogens with one attached hydrogen (secondary N) is 1. The summed E-state index contributed by atoms with van der Waals surface area (Å²) >= 11 is 1.66. The number of likely N-dealkylation sites (tertiary alicyclic amines) is 1. The molecule has 1 aromatic rings. The number of amides is 1. The molecule has 1 aliphatic carbocycles. The van der Waals surface area contributed by atoms with Gasteiger partial charge in [-0.2, -0.15) is 0 Å². The Bertz CT molecular complexity index is 574. The summed E-state index contributed by atoms with van der Waals surface area (Å²) in [5, 5.41) is 4.85. The lowest BCUT2D eigenvalue weighted by Crippen LogP contribution is -2.39. The Kier molecular flexibility index (Phi) is 6.94. The maximum absolute atomic E-state index is 12.9. The predicted molar refractivity (Wildman–Crippen MR) is 103 cm³/mol. The van der Waals surface area contributed by atoms with Crippen LogP contribution in [0.25, 0.3) is 0 Å². The van der Waals surface area contributed by atoms with Gasteiger partial charge in [-0.15, -0.1) is 36.2 Å². The standard InChI is InChI=1S/C17H25N3OS.2ClH/c1-11-15(22-16(18-11)12-4-2-3-5-12)17(21)20-9-8-13-6-7-14(10-20)19-13;;/h12-14,19H,2-10H2,1H3;2*1H. The maximum atomic E-state index is 12.9. The molecule has 0 radical (unpaired) electrons. The van der Waals surface area contributed by atoms with E-state index in [0.717, 1.165) is 30.1 Å². The molecule has 4 nitrogen and oxygen atoms in total. The third-order valence-corrected chi connectivity index (χ3v) is 6.83. The summed E-state index contributed by atoms with van der Waals surface area (Å²) < 4.78 is 0. The molecule has 0 aromatic carbocycles. The Balaban J connectivity index is 0.00000104. The van der Waals surface area contributed by atoms with Gasteiger partial charge in [0.2, 0.25) is 0 Å². The molecule has 4 rings (SSSR count). The highest BCUT2D eigenvalue weighted by Gasteiger charge is 2.33. The SMILES string of the molecule is Cc1nc(C2CCCC2)sc1C(=O)N1CCC2CCC(C1)N2.Cl.Cl. The number of aromatic nitrogens is 1. The Hall–Kier alpha value is -0.360. The van der Waals surface area contributed by atoms with Crippen LogP contribution in [-0.4, -0.2) is 41.0 Å². The van der Waals surface area contributed by atoms with Crippen molar-refractivity contribution in [2.75, 3.05) is 13.1 Å². The number of carbonyl (C=O) groups is 1. The van der Waals surface area contributed by atoms with Crippen LogP contribution < -0.4 is 5.32 Å². The molecule has 2 unspecified atom stereocenters. The normalized spacial score (nSPS) is 26.6. The quantitative estimate of drug-likeness (QED) is 0.830. The highest BCUT2D eigenvalue weighted by molar-refractivity contribution is 7.13. The van der Waals surface area contributed by atoms with Crippen molar-refractivity contribution in [2.45, 2.75) is 69.9 Å². The third kappa shape index (κ3) is 3.90. The molecule has 2 saturated heterocycles. The summed E-state index contributed by atoms with van der Waals surface area (Å²) in [6, 6.07) is 1.12. The summed E-state index contributed by atoms with van der Waals surface area (Å²) in [5.41, 5.74) is 0.944. The molecule has 2 aliphatic heterocycles. The fraction of sp³-hybridized carbons (Fsp3) is 0.765. The number of carbonyl (C=O) groups excluding carboxylic acids is 1. The minimum atomic E-state index is 0. The molecule has 1 saturated carbocycles. The Morgan fingerprint density at radius 3 is 2.58 bits per heavy atom. The number of fused-ring (bicyclic) bond motifs is 2. The molecule has 24 heavy (non-hydrogen) atoms. The van der Waals surface area contributed by atoms with E-state index in [1.54, 1.807) is 11.3 Å². The number of rotatable bonds is 2. The zero-order valence-corrected chi connectivity index (χ0v) is 16.6. The predicted octanol–water partition coefficient (Wildman–Crippen LogP) is 3.92. The molecule has 1 N–H and O–H groups in total. The minimum Gasteiger partial charge on any atom is -0.336 e. The fourth-order valence-corrected chi connectivity index (χ4v) is 5.44. The number of thiazole rings is 1. The third-order valence-electron chi connectivity index (χ3n) is 5.52. The van der Waals surface area contributed by atoms with Crippen molar-refractivity contribution in [3.05, 3.63) is 15.6 Å². The molecule has 3 fully saturated rings. The summed E-state index contributed by atoms with van der Waals surface area (Å²) in [6.07, 6.45) is 8.70. The summed E-state index contributed by atoms with van der Waals surface area (Å²) in [6.45, 7) is 3.76. The second-order valence-corrected chi connectivity index (χ2v) is 8.16. The van der Waals surface area contributed by atoms with Gasteiger partial charge in [0, 0.05) is 31.1 Å². The lowest BCUT2D eigenvalue weighted by atomic mass is 10.1. The van der Waals surface area contributed by atoms with E-state index >= 15 is 0 Å². The number of nitrogens with zero attached hydrogens (tertiary/aromatic N) is 2. The summed E-state index contributed by atoms with van der Waals surface area (Å²) in [4.78, 5) is 20.6. The lowest BCUT2D eigenvalue weighted by molar-refractivity contribution is 0.0752. The van der Waals surface area contributed by atoms with Crippen LogP contribution >= 0.6 is 36.2 Å². The topological polar surface area (TPSA) is 45.2 Å². The monoisotopic (exact) mass is 391 g/mol. The van der Waals surface area contributed by atoms with E-state index in [9.17, 15) is 4.79 Å². The fourth-order valence-electron chi connectivity index (χ4n) is 4.23. The van der Waals surface area contributed by atoms with Crippen LogP contribution in [0.4, 0.5) is 0 Å². The number of aryl methyl sites for hydroxylation is 1. The zero-order chi connectivity index (χ0) is 15.1.